The maximum atomic E-state index is 5.40. The molecule has 0 fully saturated rings. The quantitative estimate of drug-likeness (QED) is 0.651. The summed E-state index contributed by atoms with van der Waals surface area (Å²) in [6, 6.07) is 5.36. The number of nitrogens with zero attached hydrogens (tertiary/aromatic N) is 3. The smallest absolute Gasteiger partial charge is 0.149 e. The van der Waals surface area contributed by atoms with Crippen LogP contribution < -0.4 is 11.1 Å². The van der Waals surface area contributed by atoms with Crippen LogP contribution in [0.3, 0.4) is 0 Å². The molecule has 72 valence electrons. The van der Waals surface area contributed by atoms with Crippen LogP contribution in [-0.2, 0) is 6.54 Å². The van der Waals surface area contributed by atoms with Gasteiger partial charge in [-0.05, 0) is 18.2 Å². The van der Waals surface area contributed by atoms with Crippen LogP contribution in [0.5, 0.6) is 0 Å². The number of hydrogen-bond donors (Lipinski definition) is 3. The van der Waals surface area contributed by atoms with Crippen molar-refractivity contribution in [1.82, 2.24) is 20.4 Å². The molecular formula is C8H10N6. The van der Waals surface area contributed by atoms with Crippen molar-refractivity contribution in [3.63, 3.8) is 0 Å². The van der Waals surface area contributed by atoms with E-state index in [0.29, 0.717) is 18.2 Å². The Morgan fingerprint density at radius 1 is 1.29 bits per heavy atom. The molecule has 14 heavy (non-hydrogen) atoms. The van der Waals surface area contributed by atoms with E-state index in [0.717, 1.165) is 5.69 Å². The molecule has 0 amide bonds. The number of nitrogens with one attached hydrogen (secondary N) is 2. The third kappa shape index (κ3) is 1.98. The summed E-state index contributed by atoms with van der Waals surface area (Å²) >= 11 is 0. The third-order valence-corrected chi connectivity index (χ3v) is 1.70. The van der Waals surface area contributed by atoms with E-state index in [2.05, 4.69) is 25.7 Å². The van der Waals surface area contributed by atoms with Crippen LogP contribution in [0.15, 0.2) is 24.4 Å². The first-order valence-corrected chi connectivity index (χ1v) is 4.16. The van der Waals surface area contributed by atoms with Crippen molar-refractivity contribution in [2.75, 3.05) is 11.1 Å². The van der Waals surface area contributed by atoms with E-state index in [1.54, 1.807) is 18.3 Å². The number of nitrogen functional groups attached to an aromatic ring is 1. The number of rotatable bonds is 3. The van der Waals surface area contributed by atoms with Gasteiger partial charge in [0.05, 0.1) is 12.2 Å². The van der Waals surface area contributed by atoms with E-state index in [-0.39, 0.29) is 0 Å². The predicted octanol–water partition coefficient (Wildman–Crippen LogP) is 0.394. The molecular weight excluding hydrogens is 180 g/mol. The van der Waals surface area contributed by atoms with Gasteiger partial charge in [-0.2, -0.15) is 5.10 Å². The first kappa shape index (κ1) is 8.49. The molecule has 0 aromatic carbocycles. The van der Waals surface area contributed by atoms with Gasteiger partial charge in [-0.3, -0.25) is 5.10 Å². The van der Waals surface area contributed by atoms with Crippen molar-refractivity contribution >= 4 is 11.6 Å². The second-order valence-electron chi connectivity index (χ2n) is 2.78. The lowest BCUT2D eigenvalue weighted by Gasteiger charge is -2.01. The highest BCUT2D eigenvalue weighted by Crippen LogP contribution is 2.04. The first-order valence-electron chi connectivity index (χ1n) is 4.16. The molecule has 4 N–H and O–H groups in total. The van der Waals surface area contributed by atoms with Gasteiger partial charge in [0.2, 0.25) is 0 Å². The molecule has 6 nitrogen and oxygen atoms in total. The van der Waals surface area contributed by atoms with Crippen LogP contribution in [0.25, 0.3) is 0 Å². The normalized spacial score (nSPS) is 10.0. The molecule has 2 aromatic rings. The Morgan fingerprint density at radius 3 is 2.86 bits per heavy atom. The zero-order valence-corrected chi connectivity index (χ0v) is 7.44. The Bertz CT molecular complexity index is 379. The first-order chi connectivity index (χ1) is 6.84. The second-order valence-corrected chi connectivity index (χ2v) is 2.78. The monoisotopic (exact) mass is 190 g/mol. The molecule has 6 heteroatoms. The highest BCUT2D eigenvalue weighted by molar-refractivity contribution is 5.38. The summed E-state index contributed by atoms with van der Waals surface area (Å²) in [5.74, 6) is 1.10. The van der Waals surface area contributed by atoms with Crippen molar-refractivity contribution in [3.8, 4) is 0 Å². The lowest BCUT2D eigenvalue weighted by Crippen LogP contribution is -2.03. The third-order valence-electron chi connectivity index (χ3n) is 1.70. The van der Waals surface area contributed by atoms with Gasteiger partial charge in [-0.1, -0.05) is 0 Å². The van der Waals surface area contributed by atoms with Crippen LogP contribution in [0.4, 0.5) is 11.6 Å². The molecule has 2 rings (SSSR count). The van der Waals surface area contributed by atoms with Crippen molar-refractivity contribution < 1.29 is 0 Å². The van der Waals surface area contributed by atoms with E-state index in [4.69, 9.17) is 5.73 Å². The summed E-state index contributed by atoms with van der Waals surface area (Å²) in [7, 11) is 0. The van der Waals surface area contributed by atoms with Crippen LogP contribution >= 0.6 is 0 Å². The number of H-pyrrole nitrogens is 1. The van der Waals surface area contributed by atoms with Crippen LogP contribution in [0.2, 0.25) is 0 Å². The van der Waals surface area contributed by atoms with Gasteiger partial charge < -0.3 is 11.1 Å². The summed E-state index contributed by atoms with van der Waals surface area (Å²) in [5.41, 5.74) is 6.39. The maximum Gasteiger partial charge on any atom is 0.149 e. The van der Waals surface area contributed by atoms with E-state index < -0.39 is 0 Å². The molecule has 0 aliphatic carbocycles. The Hall–Kier alpha value is -2.11. The Kier molecular flexibility index (Phi) is 2.26. The zero-order valence-electron chi connectivity index (χ0n) is 7.44. The largest absolute Gasteiger partial charge is 0.382 e. The van der Waals surface area contributed by atoms with Gasteiger partial charge in [0.15, 0.2) is 0 Å². The van der Waals surface area contributed by atoms with E-state index >= 15 is 0 Å². The molecule has 0 spiro atoms. The topological polar surface area (TPSA) is 92.5 Å². The molecule has 0 bridgehead atoms. The molecule has 0 unspecified atom stereocenters. The van der Waals surface area contributed by atoms with E-state index in [1.165, 1.54) is 0 Å². The number of nitrogens with two attached hydrogens (primary N) is 1. The van der Waals surface area contributed by atoms with Crippen molar-refractivity contribution in [2.45, 2.75) is 6.54 Å². The van der Waals surface area contributed by atoms with Gasteiger partial charge in [-0.15, -0.1) is 10.2 Å². The molecule has 0 aliphatic heterocycles. The standard InChI is InChI=1S/C8H10N6/c9-7-1-2-8(14-13-7)10-5-6-3-4-11-12-6/h1-4H,5H2,(H2,9,13)(H,10,14)(H,11,12). The average Bonchev–Trinajstić information content (AvgIpc) is 2.70. The highest BCUT2D eigenvalue weighted by Gasteiger charge is 1.96. The predicted molar refractivity (Wildman–Crippen MR) is 52.4 cm³/mol. The number of aromatic amines is 1. The molecule has 0 atom stereocenters. The van der Waals surface area contributed by atoms with Gasteiger partial charge in [-0.25, -0.2) is 0 Å². The lowest BCUT2D eigenvalue weighted by molar-refractivity contribution is 0.955. The van der Waals surface area contributed by atoms with Gasteiger partial charge >= 0.3 is 0 Å². The van der Waals surface area contributed by atoms with Crippen molar-refractivity contribution in [2.24, 2.45) is 0 Å². The summed E-state index contributed by atoms with van der Waals surface area (Å²) in [5, 5.41) is 17.3. The molecule has 0 aliphatic rings. The fourth-order valence-corrected chi connectivity index (χ4v) is 1.01. The number of anilines is 2. The number of aromatic nitrogens is 4. The molecule has 2 aromatic heterocycles. The van der Waals surface area contributed by atoms with Gasteiger partial charge in [0.1, 0.15) is 11.6 Å². The summed E-state index contributed by atoms with van der Waals surface area (Å²) < 4.78 is 0. The van der Waals surface area contributed by atoms with Crippen molar-refractivity contribution in [1.29, 1.82) is 0 Å². The molecule has 2 heterocycles. The summed E-state index contributed by atoms with van der Waals surface area (Å²) in [6.07, 6.45) is 1.70. The van der Waals surface area contributed by atoms with Gasteiger partial charge in [0, 0.05) is 6.20 Å². The summed E-state index contributed by atoms with van der Waals surface area (Å²) in [6.45, 7) is 0.637. The molecule has 0 saturated heterocycles. The van der Waals surface area contributed by atoms with Crippen molar-refractivity contribution in [3.05, 3.63) is 30.1 Å². The minimum Gasteiger partial charge on any atom is -0.382 e. The Balaban J connectivity index is 1.95. The maximum absolute atomic E-state index is 5.40. The molecule has 0 radical (unpaired) electrons. The fraction of sp³-hybridized carbons (Fsp3) is 0.125. The summed E-state index contributed by atoms with van der Waals surface area (Å²) in [4.78, 5) is 0. The lowest BCUT2D eigenvalue weighted by atomic mass is 10.4. The van der Waals surface area contributed by atoms with Gasteiger partial charge in [0.25, 0.3) is 0 Å². The SMILES string of the molecule is Nc1ccc(NCc2ccn[nH]2)nn1. The van der Waals surface area contributed by atoms with E-state index in [9.17, 15) is 0 Å². The Morgan fingerprint density at radius 2 is 2.21 bits per heavy atom. The van der Waals surface area contributed by atoms with Crippen LogP contribution in [0, 0.1) is 0 Å². The number of hydrogen-bond acceptors (Lipinski definition) is 5. The minimum atomic E-state index is 0.414. The zero-order chi connectivity index (χ0) is 9.80. The van der Waals surface area contributed by atoms with Crippen LogP contribution in [-0.4, -0.2) is 20.4 Å². The Labute approximate surface area is 80.5 Å². The minimum absolute atomic E-state index is 0.414. The van der Waals surface area contributed by atoms with Crippen LogP contribution in [0.1, 0.15) is 5.69 Å². The molecule has 0 saturated carbocycles. The second kappa shape index (κ2) is 3.73. The average molecular weight is 190 g/mol. The van der Waals surface area contributed by atoms with E-state index in [1.807, 2.05) is 6.07 Å². The fourth-order valence-electron chi connectivity index (χ4n) is 1.01. The highest BCUT2D eigenvalue weighted by atomic mass is 15.2.